The molecule has 1 aliphatic carbocycles. The van der Waals surface area contributed by atoms with Crippen molar-refractivity contribution in [3.63, 3.8) is 0 Å². The summed E-state index contributed by atoms with van der Waals surface area (Å²) in [5.41, 5.74) is 3.78. The quantitative estimate of drug-likeness (QED) is 0.570. The summed E-state index contributed by atoms with van der Waals surface area (Å²) in [6.07, 6.45) is 6.50. The summed E-state index contributed by atoms with van der Waals surface area (Å²) in [5, 5.41) is 22.4. The van der Waals surface area contributed by atoms with Crippen LogP contribution in [0.1, 0.15) is 41.6 Å². The lowest BCUT2D eigenvalue weighted by atomic mass is 9.85. The van der Waals surface area contributed by atoms with E-state index in [1.54, 1.807) is 30.9 Å². The third kappa shape index (κ3) is 4.12. The fraction of sp³-hybridized carbons (Fsp3) is 0.348. The number of pyridine rings is 1. The molecule has 32 heavy (non-hydrogen) atoms. The van der Waals surface area contributed by atoms with Crippen molar-refractivity contribution in [2.45, 2.75) is 31.7 Å². The van der Waals surface area contributed by atoms with Crippen LogP contribution in [0, 0.1) is 17.2 Å². The molecule has 2 atom stereocenters. The lowest BCUT2D eigenvalue weighted by Gasteiger charge is -2.30. The summed E-state index contributed by atoms with van der Waals surface area (Å²) in [5.74, 6) is -0.216. The predicted octanol–water partition coefficient (Wildman–Crippen LogP) is 2.34. The predicted molar refractivity (Wildman–Crippen MR) is 120 cm³/mol. The van der Waals surface area contributed by atoms with E-state index in [9.17, 15) is 9.59 Å². The molecule has 1 fully saturated rings. The van der Waals surface area contributed by atoms with Gasteiger partial charge in [0.25, 0.3) is 5.91 Å². The molecular formula is C23H25N7O2. The molecule has 3 aromatic rings. The van der Waals surface area contributed by atoms with Crippen molar-refractivity contribution in [2.24, 2.45) is 5.92 Å². The van der Waals surface area contributed by atoms with Gasteiger partial charge in [0.2, 0.25) is 5.91 Å². The summed E-state index contributed by atoms with van der Waals surface area (Å²) < 4.78 is 1.72. The van der Waals surface area contributed by atoms with Crippen LogP contribution in [0.3, 0.4) is 0 Å². The molecule has 0 radical (unpaired) electrons. The van der Waals surface area contributed by atoms with Gasteiger partial charge in [-0.1, -0.05) is 6.42 Å². The van der Waals surface area contributed by atoms with E-state index in [1.165, 1.54) is 6.20 Å². The minimum atomic E-state index is -0.234. The zero-order valence-corrected chi connectivity index (χ0v) is 18.1. The third-order valence-corrected chi connectivity index (χ3v) is 5.92. The van der Waals surface area contributed by atoms with Crippen LogP contribution in [-0.2, 0) is 4.79 Å². The monoisotopic (exact) mass is 431 g/mol. The van der Waals surface area contributed by atoms with Gasteiger partial charge >= 0.3 is 0 Å². The molecule has 3 heterocycles. The van der Waals surface area contributed by atoms with Crippen LogP contribution < -0.4 is 16.0 Å². The number of hydrogen-bond donors (Lipinski definition) is 3. The van der Waals surface area contributed by atoms with Crippen LogP contribution in [0.2, 0.25) is 0 Å². The average Bonchev–Trinajstić information content (AvgIpc) is 3.26. The SMILES string of the molecule is CNC(=O)c1cnc(-c2ccc3cc(C#N)cnn23)cc1N[C@H]1CCC[C@@H](C(=O)NC)C1. The second-order valence-corrected chi connectivity index (χ2v) is 7.92. The zero-order valence-electron chi connectivity index (χ0n) is 18.1. The summed E-state index contributed by atoms with van der Waals surface area (Å²) in [7, 11) is 3.24. The first-order valence-electron chi connectivity index (χ1n) is 10.6. The first-order chi connectivity index (χ1) is 15.5. The van der Waals surface area contributed by atoms with E-state index in [-0.39, 0.29) is 23.8 Å². The number of carbonyl (C=O) groups is 2. The van der Waals surface area contributed by atoms with Crippen molar-refractivity contribution >= 4 is 23.0 Å². The smallest absolute Gasteiger partial charge is 0.254 e. The first kappa shape index (κ1) is 21.3. The Morgan fingerprint density at radius 1 is 1.16 bits per heavy atom. The van der Waals surface area contributed by atoms with Gasteiger partial charge in [0, 0.05) is 32.3 Å². The van der Waals surface area contributed by atoms with Crippen LogP contribution in [0.15, 0.2) is 36.7 Å². The van der Waals surface area contributed by atoms with E-state index in [0.29, 0.717) is 28.9 Å². The molecule has 0 unspecified atom stereocenters. The highest BCUT2D eigenvalue weighted by molar-refractivity contribution is 5.99. The Labute approximate surface area is 185 Å². The fourth-order valence-corrected chi connectivity index (χ4v) is 4.27. The molecule has 2 amide bonds. The van der Waals surface area contributed by atoms with Gasteiger partial charge in [0.15, 0.2) is 0 Å². The summed E-state index contributed by atoms with van der Waals surface area (Å²) >= 11 is 0. The van der Waals surface area contributed by atoms with Gasteiger partial charge in [0.1, 0.15) is 6.07 Å². The van der Waals surface area contributed by atoms with Gasteiger partial charge in [-0.3, -0.25) is 14.6 Å². The van der Waals surface area contributed by atoms with Crippen LogP contribution in [-0.4, -0.2) is 46.5 Å². The maximum Gasteiger partial charge on any atom is 0.254 e. The minimum absolute atomic E-state index is 0.0379. The van der Waals surface area contributed by atoms with Gasteiger partial charge in [0.05, 0.1) is 39.9 Å². The Morgan fingerprint density at radius 3 is 2.75 bits per heavy atom. The lowest BCUT2D eigenvalue weighted by Crippen LogP contribution is -2.36. The standard InChI is InChI=1S/C23H25N7O2/c1-25-22(31)15-4-3-5-16(9-15)29-19-10-20(27-13-18(19)23(32)26-2)21-7-6-17-8-14(11-24)12-28-30(17)21/h6-8,10,12-13,15-16H,3-5,9H2,1-2H3,(H,25,31)(H,26,32)(H,27,29)/t15-,16+/m1/s1. The van der Waals surface area contributed by atoms with Crippen molar-refractivity contribution < 1.29 is 9.59 Å². The van der Waals surface area contributed by atoms with Crippen LogP contribution >= 0.6 is 0 Å². The molecule has 4 rings (SSSR count). The molecule has 9 nitrogen and oxygen atoms in total. The molecule has 3 N–H and O–H groups in total. The van der Waals surface area contributed by atoms with Crippen molar-refractivity contribution in [3.05, 3.63) is 47.8 Å². The van der Waals surface area contributed by atoms with Gasteiger partial charge in [-0.05, 0) is 43.5 Å². The van der Waals surface area contributed by atoms with Crippen molar-refractivity contribution in [1.82, 2.24) is 25.2 Å². The largest absolute Gasteiger partial charge is 0.382 e. The fourth-order valence-electron chi connectivity index (χ4n) is 4.27. The van der Waals surface area contributed by atoms with Crippen molar-refractivity contribution in [2.75, 3.05) is 19.4 Å². The van der Waals surface area contributed by atoms with Crippen molar-refractivity contribution in [3.8, 4) is 17.5 Å². The van der Waals surface area contributed by atoms with Crippen LogP contribution in [0.4, 0.5) is 5.69 Å². The summed E-state index contributed by atoms with van der Waals surface area (Å²) in [4.78, 5) is 29.1. The van der Waals surface area contributed by atoms with E-state index < -0.39 is 0 Å². The van der Waals surface area contributed by atoms with E-state index in [2.05, 4.69) is 32.1 Å². The molecule has 3 aromatic heterocycles. The van der Waals surface area contributed by atoms with Gasteiger partial charge in [-0.15, -0.1) is 0 Å². The second kappa shape index (κ2) is 9.06. The molecule has 0 aliphatic heterocycles. The first-order valence-corrected chi connectivity index (χ1v) is 10.6. The molecule has 164 valence electrons. The van der Waals surface area contributed by atoms with Gasteiger partial charge < -0.3 is 16.0 Å². The average molecular weight is 432 g/mol. The number of rotatable bonds is 5. The molecular weight excluding hydrogens is 406 g/mol. The second-order valence-electron chi connectivity index (χ2n) is 7.92. The van der Waals surface area contributed by atoms with Crippen LogP contribution in [0.5, 0.6) is 0 Å². The van der Waals surface area contributed by atoms with Crippen molar-refractivity contribution in [1.29, 1.82) is 5.26 Å². The number of amides is 2. The summed E-state index contributed by atoms with van der Waals surface area (Å²) in [6, 6.07) is 9.53. The number of anilines is 1. The number of aromatic nitrogens is 3. The van der Waals surface area contributed by atoms with E-state index in [0.717, 1.165) is 30.5 Å². The number of fused-ring (bicyclic) bond motifs is 1. The van der Waals surface area contributed by atoms with E-state index >= 15 is 0 Å². The van der Waals surface area contributed by atoms with Crippen LogP contribution in [0.25, 0.3) is 16.9 Å². The number of nitrogens with one attached hydrogen (secondary N) is 3. The highest BCUT2D eigenvalue weighted by Gasteiger charge is 2.27. The Morgan fingerprint density at radius 2 is 2.00 bits per heavy atom. The third-order valence-electron chi connectivity index (χ3n) is 5.92. The lowest BCUT2D eigenvalue weighted by molar-refractivity contribution is -0.125. The zero-order chi connectivity index (χ0) is 22.7. The van der Waals surface area contributed by atoms with Gasteiger partial charge in [-0.2, -0.15) is 10.4 Å². The number of nitrogens with zero attached hydrogens (tertiary/aromatic N) is 4. The highest BCUT2D eigenvalue weighted by Crippen LogP contribution is 2.30. The Bertz CT molecular complexity index is 1210. The molecule has 0 saturated heterocycles. The molecule has 0 bridgehead atoms. The molecule has 1 saturated carbocycles. The maximum absolute atomic E-state index is 12.5. The molecule has 0 aromatic carbocycles. The summed E-state index contributed by atoms with van der Waals surface area (Å²) in [6.45, 7) is 0. The molecule has 9 heteroatoms. The Hall–Kier alpha value is -3.93. The minimum Gasteiger partial charge on any atom is -0.382 e. The van der Waals surface area contributed by atoms with Gasteiger partial charge in [-0.25, -0.2) is 4.52 Å². The molecule has 0 spiro atoms. The normalized spacial score (nSPS) is 18.0. The number of hydrogen-bond acceptors (Lipinski definition) is 6. The van der Waals surface area contributed by atoms with E-state index in [1.807, 2.05) is 18.2 Å². The Balaban J connectivity index is 1.68. The number of carbonyl (C=O) groups excluding carboxylic acids is 2. The topological polar surface area (TPSA) is 124 Å². The molecule has 1 aliphatic rings. The Kier molecular flexibility index (Phi) is 6.03. The van der Waals surface area contributed by atoms with E-state index in [4.69, 9.17) is 5.26 Å². The highest BCUT2D eigenvalue weighted by atomic mass is 16.2. The number of nitriles is 1. The maximum atomic E-state index is 12.5.